The number of anilines is 1. The number of alkyl halides is 1. The molecule has 0 fully saturated rings. The highest BCUT2D eigenvalue weighted by atomic mass is 35.5. The second-order valence-corrected chi connectivity index (χ2v) is 7.79. The number of benzene rings is 2. The third-order valence-electron chi connectivity index (χ3n) is 5.47. The van der Waals surface area contributed by atoms with E-state index in [2.05, 4.69) is 16.5 Å². The fourth-order valence-electron chi connectivity index (χ4n) is 3.78. The number of carbonyl (C=O) groups is 1. The van der Waals surface area contributed by atoms with Gasteiger partial charge in [-0.3, -0.25) is 4.79 Å². The van der Waals surface area contributed by atoms with Gasteiger partial charge < -0.3 is 10.1 Å². The van der Waals surface area contributed by atoms with Crippen LogP contribution < -0.4 is 10.8 Å². The van der Waals surface area contributed by atoms with Gasteiger partial charge in [-0.05, 0) is 66.7 Å². The van der Waals surface area contributed by atoms with Gasteiger partial charge in [0.2, 0.25) is 0 Å². The van der Waals surface area contributed by atoms with Gasteiger partial charge in [0.15, 0.2) is 5.69 Å². The number of ether oxygens (including phenoxy) is 1. The van der Waals surface area contributed by atoms with E-state index in [0.29, 0.717) is 11.6 Å². The van der Waals surface area contributed by atoms with E-state index >= 15 is 0 Å². The molecule has 0 aliphatic carbocycles. The summed E-state index contributed by atoms with van der Waals surface area (Å²) in [4.78, 5) is 12.7. The van der Waals surface area contributed by atoms with Gasteiger partial charge in [0.25, 0.3) is 0 Å². The topological polar surface area (TPSA) is 76.3 Å². The molecule has 0 aliphatic heterocycles. The molecular formula is C22H29ClN3O2+. The van der Waals surface area contributed by atoms with Crippen LogP contribution in [-0.4, -0.2) is 20.1 Å². The van der Waals surface area contributed by atoms with Gasteiger partial charge in [0.05, 0.1) is 18.2 Å². The molecule has 0 bridgehead atoms. The summed E-state index contributed by atoms with van der Waals surface area (Å²) < 4.78 is 5.14. The van der Waals surface area contributed by atoms with E-state index < -0.39 is 5.41 Å². The summed E-state index contributed by atoms with van der Waals surface area (Å²) >= 11 is 6.15. The maximum Gasteiger partial charge on any atom is 0.312 e. The molecular weight excluding hydrogens is 374 g/mol. The quantitative estimate of drug-likeness (QED) is 0.412. The zero-order valence-corrected chi connectivity index (χ0v) is 18.1. The minimum Gasteiger partial charge on any atom is -0.469 e. The molecule has 1 atom stereocenters. The Bertz CT molecular complexity index is 894. The van der Waals surface area contributed by atoms with Crippen molar-refractivity contribution in [2.45, 2.75) is 39.5 Å². The first-order valence-electron chi connectivity index (χ1n) is 9.18. The van der Waals surface area contributed by atoms with E-state index in [1.807, 2.05) is 59.0 Å². The Hall–Kier alpha value is -2.40. The molecule has 0 aromatic heterocycles. The van der Waals surface area contributed by atoms with Crippen molar-refractivity contribution in [2.75, 3.05) is 19.5 Å². The van der Waals surface area contributed by atoms with Crippen LogP contribution in [0.1, 0.15) is 47.6 Å². The predicted molar refractivity (Wildman–Crippen MR) is 113 cm³/mol. The number of nitrogens with one attached hydrogen (secondary N) is 1. The van der Waals surface area contributed by atoms with Gasteiger partial charge in [-0.2, -0.15) is 5.53 Å². The van der Waals surface area contributed by atoms with Gasteiger partial charge in [0, 0.05) is 18.8 Å². The highest BCUT2D eigenvalue weighted by molar-refractivity contribution is 6.17. The lowest BCUT2D eigenvalue weighted by molar-refractivity contribution is -0.210. The van der Waals surface area contributed by atoms with Gasteiger partial charge in [-0.15, -0.1) is 11.6 Å². The van der Waals surface area contributed by atoms with E-state index in [9.17, 15) is 4.79 Å². The van der Waals surface area contributed by atoms with Crippen molar-refractivity contribution >= 4 is 28.9 Å². The maximum absolute atomic E-state index is 12.7. The van der Waals surface area contributed by atoms with Crippen molar-refractivity contribution < 1.29 is 15.1 Å². The molecule has 0 heterocycles. The maximum atomic E-state index is 12.7. The van der Waals surface area contributed by atoms with Crippen molar-refractivity contribution in [1.82, 2.24) is 0 Å². The van der Waals surface area contributed by atoms with Crippen LogP contribution in [0.15, 0.2) is 35.4 Å². The van der Waals surface area contributed by atoms with Crippen molar-refractivity contribution in [3.05, 3.63) is 58.1 Å². The van der Waals surface area contributed by atoms with E-state index in [1.165, 1.54) is 7.11 Å². The van der Waals surface area contributed by atoms with Crippen molar-refractivity contribution in [3.8, 4) is 0 Å². The summed E-state index contributed by atoms with van der Waals surface area (Å²) in [6.45, 7) is 7.79. The number of nitrogens with zero attached hydrogens (tertiary/aromatic N) is 1. The number of hydrogen-bond donors (Lipinski definition) is 2. The number of methoxy groups -OCH3 is 1. The first-order valence-corrected chi connectivity index (χ1v) is 9.72. The highest BCUT2D eigenvalue weighted by Crippen LogP contribution is 2.46. The van der Waals surface area contributed by atoms with Gasteiger partial charge >= 0.3 is 5.97 Å². The molecule has 0 saturated carbocycles. The Morgan fingerprint density at radius 3 is 2.50 bits per heavy atom. The summed E-state index contributed by atoms with van der Waals surface area (Å²) in [5, 5.41) is 7.08. The summed E-state index contributed by atoms with van der Waals surface area (Å²) in [6, 6.07) is 10.1. The van der Waals surface area contributed by atoms with E-state index in [0.717, 1.165) is 33.5 Å². The normalized spacial score (nSPS) is 12.4. The molecule has 0 saturated heterocycles. The Morgan fingerprint density at radius 2 is 1.96 bits per heavy atom. The number of nitrogens with two attached hydrogens (primary N) is 1. The van der Waals surface area contributed by atoms with E-state index in [1.54, 1.807) is 0 Å². The number of hydrogen-bond acceptors (Lipinski definition) is 4. The summed E-state index contributed by atoms with van der Waals surface area (Å²) in [5.41, 5.74) is 11.4. The number of carbonyl (C=O) groups excluding carboxylic acids is 1. The molecule has 1 unspecified atom stereocenters. The van der Waals surface area contributed by atoms with E-state index in [4.69, 9.17) is 21.9 Å². The molecule has 0 aliphatic rings. The van der Waals surface area contributed by atoms with Crippen LogP contribution in [0, 0.1) is 19.3 Å². The second-order valence-electron chi connectivity index (χ2n) is 7.52. The molecule has 0 amide bonds. The smallest absolute Gasteiger partial charge is 0.312 e. The Morgan fingerprint density at radius 1 is 1.29 bits per heavy atom. The van der Waals surface area contributed by atoms with E-state index in [-0.39, 0.29) is 11.9 Å². The molecule has 28 heavy (non-hydrogen) atoms. The minimum absolute atomic E-state index is 0.256. The second kappa shape index (κ2) is 8.74. The standard InChI is InChI=1S/C22H28ClN3O2/c1-13-7-8-15(11-16(13)12-23)19(22(3,4)21(27)28-6)17-9-10-18(25-5)20(26-24)14(17)2/h7-11,19,24-25H,12H2,1-6H3/p+1. The van der Waals surface area contributed by atoms with Crippen LogP contribution in [0.5, 0.6) is 0 Å². The minimum atomic E-state index is -0.814. The summed E-state index contributed by atoms with van der Waals surface area (Å²) in [6.07, 6.45) is 0. The molecule has 2 aromatic rings. The average Bonchev–Trinajstić information content (AvgIpc) is 2.69. The predicted octanol–water partition coefficient (Wildman–Crippen LogP) is 4.26. The van der Waals surface area contributed by atoms with Crippen LogP contribution in [0.4, 0.5) is 11.4 Å². The molecule has 3 N–H and O–H groups in total. The van der Waals surface area contributed by atoms with Crippen LogP contribution in [0.3, 0.4) is 0 Å². The zero-order chi connectivity index (χ0) is 21.1. The molecule has 0 spiro atoms. The van der Waals surface area contributed by atoms with Crippen LogP contribution in [0.2, 0.25) is 0 Å². The first kappa shape index (κ1) is 21.9. The first-order chi connectivity index (χ1) is 13.2. The summed E-state index contributed by atoms with van der Waals surface area (Å²) in [5.74, 6) is -0.130. The number of halogens is 1. The van der Waals surface area contributed by atoms with Crippen LogP contribution in [-0.2, 0) is 15.4 Å². The number of aryl methyl sites for hydroxylation is 1. The third kappa shape index (κ3) is 3.90. The lowest BCUT2D eigenvalue weighted by atomic mass is 9.69. The lowest BCUT2D eigenvalue weighted by Gasteiger charge is -2.34. The van der Waals surface area contributed by atoms with Gasteiger partial charge in [-0.25, -0.2) is 0 Å². The molecule has 2 rings (SSSR count). The fraction of sp³-hybridized carbons (Fsp3) is 0.409. The Labute approximate surface area is 172 Å². The van der Waals surface area contributed by atoms with Crippen molar-refractivity contribution in [1.29, 1.82) is 0 Å². The Balaban J connectivity index is 2.81. The molecule has 0 radical (unpaired) electrons. The third-order valence-corrected chi connectivity index (χ3v) is 5.75. The SMILES string of the molecule is CNc1ccc(C(c2ccc(C)c(CCl)c2)C(C)(C)C(=O)OC)c(C)c1N=[NH2+]. The molecule has 5 nitrogen and oxygen atoms in total. The Kier molecular flexibility index (Phi) is 6.83. The summed E-state index contributed by atoms with van der Waals surface area (Å²) in [7, 11) is 3.24. The molecule has 6 heteroatoms. The van der Waals surface area contributed by atoms with Crippen molar-refractivity contribution in [2.24, 2.45) is 10.5 Å². The fourth-order valence-corrected chi connectivity index (χ4v) is 4.07. The molecule has 2 aromatic carbocycles. The average molecular weight is 403 g/mol. The van der Waals surface area contributed by atoms with Crippen molar-refractivity contribution in [3.63, 3.8) is 0 Å². The monoisotopic (exact) mass is 402 g/mol. The lowest BCUT2D eigenvalue weighted by Crippen LogP contribution is -2.34. The van der Waals surface area contributed by atoms with Gasteiger partial charge in [-0.1, -0.05) is 24.3 Å². The van der Waals surface area contributed by atoms with Crippen LogP contribution in [0.25, 0.3) is 0 Å². The van der Waals surface area contributed by atoms with Gasteiger partial charge in [0.1, 0.15) is 0 Å². The van der Waals surface area contributed by atoms with Crippen LogP contribution >= 0.6 is 11.6 Å². The zero-order valence-electron chi connectivity index (χ0n) is 17.4. The largest absolute Gasteiger partial charge is 0.469 e. The highest BCUT2D eigenvalue weighted by Gasteiger charge is 2.41. The number of rotatable bonds is 7. The number of esters is 1. The molecule has 150 valence electrons.